The molecule has 0 radical (unpaired) electrons. The second-order valence-electron chi connectivity index (χ2n) is 21.4. The molecule has 474 valence electrons. The lowest BCUT2D eigenvalue weighted by Gasteiger charge is -2.41. The van der Waals surface area contributed by atoms with E-state index in [2.05, 4.69) is 16.0 Å². The van der Waals surface area contributed by atoms with Crippen LogP contribution in [0.3, 0.4) is 0 Å². The number of carbonyl (C=O) groups excluding carboxylic acids is 4. The van der Waals surface area contributed by atoms with Crippen molar-refractivity contribution in [2.24, 2.45) is 0 Å². The minimum Gasteiger partial charge on any atom is -0.496 e. The standard InChI is InChI=1S/C56H72Cl2N10O18S/c1-56(2)35-85-20-17-67(56)55(78)52-43-33-86-46-28-45(82-3)41(27-42(46)53(43)68(62-52)40-25-37(57)24-38(58)26-40)36-5-4-6-39(23-36)60-47(69)7-18-83-21-22-84-19-8-59-54(77)44(34-87(79,80)81)61-48(70)29-63-9-11-64(30-49(71)72)13-15-66(32-51(75)76)16-14-65(12-10-63)31-50(73)74/h4-6,23-28,44H,7-22,29-35H2,1-3H3,(H,59,77)(H,60,69)(H,61,70)(H,71,72)(H,73,74)(H,75,76)(H,79,80,81)/t44-/m0/s1. The maximum Gasteiger partial charge on any atom is 0.317 e. The molecule has 0 spiro atoms. The molecule has 31 heteroatoms. The molecule has 0 bridgehead atoms. The van der Waals surface area contributed by atoms with Gasteiger partial charge in [-0.05, 0) is 55.8 Å². The van der Waals surface area contributed by atoms with Crippen LogP contribution in [0, 0.1) is 0 Å². The van der Waals surface area contributed by atoms with Gasteiger partial charge in [0.15, 0.2) is 5.69 Å². The van der Waals surface area contributed by atoms with E-state index in [4.69, 9.17) is 52.0 Å². The summed E-state index contributed by atoms with van der Waals surface area (Å²) in [6, 6.07) is 14.1. The van der Waals surface area contributed by atoms with Gasteiger partial charge in [-0.3, -0.25) is 57.7 Å². The zero-order valence-electron chi connectivity index (χ0n) is 48.3. The Labute approximate surface area is 512 Å². The van der Waals surface area contributed by atoms with Gasteiger partial charge in [-0.1, -0.05) is 35.3 Å². The highest BCUT2D eigenvalue weighted by Gasteiger charge is 2.40. The summed E-state index contributed by atoms with van der Waals surface area (Å²) < 4.78 is 64.3. The van der Waals surface area contributed by atoms with Gasteiger partial charge in [0.1, 0.15) is 29.9 Å². The molecule has 4 amide bonds. The van der Waals surface area contributed by atoms with Crippen molar-refractivity contribution in [3.05, 3.63) is 75.9 Å². The Kier molecular flexibility index (Phi) is 24.2. The smallest absolute Gasteiger partial charge is 0.317 e. The number of methoxy groups -OCH3 is 1. The average molecular weight is 1280 g/mol. The van der Waals surface area contributed by atoms with Crippen molar-refractivity contribution in [1.82, 2.24) is 44.9 Å². The third-order valence-electron chi connectivity index (χ3n) is 14.3. The van der Waals surface area contributed by atoms with E-state index in [1.165, 1.54) is 7.11 Å². The zero-order chi connectivity index (χ0) is 63.0. The van der Waals surface area contributed by atoms with Crippen molar-refractivity contribution in [2.75, 3.05) is 149 Å². The van der Waals surface area contributed by atoms with Crippen molar-refractivity contribution in [1.29, 1.82) is 0 Å². The van der Waals surface area contributed by atoms with Crippen LogP contribution in [0.1, 0.15) is 36.3 Å². The minimum atomic E-state index is -4.80. The summed E-state index contributed by atoms with van der Waals surface area (Å²) in [4.78, 5) is 97.0. The first-order chi connectivity index (χ1) is 41.4. The Bertz CT molecular complexity index is 3210. The second kappa shape index (κ2) is 31.2. The molecule has 2 saturated heterocycles. The third-order valence-corrected chi connectivity index (χ3v) is 15.5. The molecule has 7 rings (SSSR count). The van der Waals surface area contributed by atoms with Crippen molar-refractivity contribution >= 4 is 80.5 Å². The van der Waals surface area contributed by atoms with Gasteiger partial charge in [0.2, 0.25) is 17.7 Å². The minimum absolute atomic E-state index is 0.0224. The van der Waals surface area contributed by atoms with Crippen LogP contribution in [0.15, 0.2) is 54.6 Å². The summed E-state index contributed by atoms with van der Waals surface area (Å²) in [5.74, 6) is -6.01. The highest BCUT2D eigenvalue weighted by atomic mass is 35.5. The Balaban J connectivity index is 0.898. The normalized spacial score (nSPS) is 16.6. The van der Waals surface area contributed by atoms with Crippen LogP contribution < -0.4 is 25.4 Å². The fourth-order valence-corrected chi connectivity index (χ4v) is 11.3. The number of amides is 4. The molecule has 3 aliphatic heterocycles. The van der Waals surface area contributed by atoms with Gasteiger partial charge in [0.25, 0.3) is 16.0 Å². The lowest BCUT2D eigenvalue weighted by atomic mass is 9.95. The number of halogens is 2. The lowest BCUT2D eigenvalue weighted by Crippen LogP contribution is -2.55. The molecule has 28 nitrogen and oxygen atoms in total. The van der Waals surface area contributed by atoms with Crippen LogP contribution in [0.25, 0.3) is 28.1 Å². The molecule has 7 N–H and O–H groups in total. The number of morpholine rings is 1. The maximum absolute atomic E-state index is 14.4. The number of nitrogens with zero attached hydrogens (tertiary/aromatic N) is 7. The highest BCUT2D eigenvalue weighted by molar-refractivity contribution is 7.85. The van der Waals surface area contributed by atoms with E-state index >= 15 is 0 Å². The van der Waals surface area contributed by atoms with Gasteiger partial charge >= 0.3 is 17.9 Å². The molecule has 0 unspecified atom stereocenters. The second-order valence-corrected chi connectivity index (χ2v) is 23.8. The van der Waals surface area contributed by atoms with Gasteiger partial charge in [-0.2, -0.15) is 13.5 Å². The van der Waals surface area contributed by atoms with Gasteiger partial charge in [0, 0.05) is 104 Å². The number of rotatable bonds is 26. The molecule has 3 aliphatic rings. The van der Waals surface area contributed by atoms with E-state index in [9.17, 15) is 61.9 Å². The first kappa shape index (κ1) is 67.5. The fraction of sp³-hybridized carbons (Fsp3) is 0.500. The summed E-state index contributed by atoms with van der Waals surface area (Å²) in [5, 5.41) is 41.8. The lowest BCUT2D eigenvalue weighted by molar-refractivity contribution is -0.140. The molecule has 2 fully saturated rings. The number of carbonyl (C=O) groups is 7. The zero-order valence-corrected chi connectivity index (χ0v) is 50.7. The number of anilines is 1. The summed E-state index contributed by atoms with van der Waals surface area (Å²) in [6.07, 6.45) is -0.0250. The van der Waals surface area contributed by atoms with Gasteiger partial charge < -0.3 is 59.9 Å². The quantitative estimate of drug-likeness (QED) is 0.0349. The van der Waals surface area contributed by atoms with Gasteiger partial charge in [0.05, 0.1) is 96.3 Å². The van der Waals surface area contributed by atoms with Crippen molar-refractivity contribution in [3.8, 4) is 39.6 Å². The van der Waals surface area contributed by atoms with Crippen LogP contribution in [0.2, 0.25) is 10.0 Å². The monoisotopic (exact) mass is 1270 g/mol. The van der Waals surface area contributed by atoms with Crippen molar-refractivity contribution in [2.45, 2.75) is 38.5 Å². The Morgan fingerprint density at radius 3 is 1.89 bits per heavy atom. The Morgan fingerprint density at radius 1 is 0.736 bits per heavy atom. The highest BCUT2D eigenvalue weighted by Crippen LogP contribution is 2.47. The summed E-state index contributed by atoms with van der Waals surface area (Å²) in [5.41, 5.74) is 3.70. The van der Waals surface area contributed by atoms with Crippen LogP contribution >= 0.6 is 23.2 Å². The van der Waals surface area contributed by atoms with Gasteiger partial charge in [-0.15, -0.1) is 0 Å². The van der Waals surface area contributed by atoms with E-state index in [0.29, 0.717) is 80.6 Å². The molecule has 87 heavy (non-hydrogen) atoms. The molecular weight excluding hydrogens is 1200 g/mol. The molecule has 1 aromatic heterocycles. The molecule has 0 saturated carbocycles. The number of nitrogens with one attached hydrogen (secondary N) is 3. The van der Waals surface area contributed by atoms with Crippen LogP contribution in [0.5, 0.6) is 11.5 Å². The van der Waals surface area contributed by atoms with E-state index < -0.39 is 76.8 Å². The Hall–Kier alpha value is -7.03. The average Bonchev–Trinajstić information content (AvgIpc) is 1.67. The van der Waals surface area contributed by atoms with Crippen LogP contribution in [-0.4, -0.2) is 260 Å². The third kappa shape index (κ3) is 20.0. The first-order valence-corrected chi connectivity index (χ1v) is 30.2. The van der Waals surface area contributed by atoms with E-state index in [1.54, 1.807) is 71.6 Å². The summed E-state index contributed by atoms with van der Waals surface area (Å²) in [7, 11) is -3.27. The number of aromatic nitrogens is 2. The number of hydrogen-bond donors (Lipinski definition) is 7. The first-order valence-electron chi connectivity index (χ1n) is 27.8. The van der Waals surface area contributed by atoms with E-state index in [1.807, 2.05) is 26.0 Å². The van der Waals surface area contributed by atoms with Crippen LogP contribution in [0.4, 0.5) is 5.69 Å². The predicted octanol–water partition coefficient (Wildman–Crippen LogP) is 1.99. The van der Waals surface area contributed by atoms with Crippen molar-refractivity contribution < 1.29 is 85.5 Å². The molecule has 4 aromatic rings. The number of hydrogen-bond acceptors (Lipinski definition) is 19. The van der Waals surface area contributed by atoms with Gasteiger partial charge in [-0.25, -0.2) is 4.68 Å². The molecule has 4 heterocycles. The number of ether oxygens (including phenoxy) is 5. The number of aliphatic carboxylic acids is 3. The number of benzene rings is 3. The van der Waals surface area contributed by atoms with Crippen LogP contribution in [-0.2, 0) is 59.7 Å². The largest absolute Gasteiger partial charge is 0.496 e. The SMILES string of the molecule is COc1cc2c(cc1-c1cccc(NC(=O)CCOCCOCCNC(=O)[C@H](CS(=O)(=O)O)NC(=O)CN3CCN(CC(=O)O)CCN(CC(=O)O)CCN(CC(=O)O)CC3)c1)-c1c(c(C(=O)N3CCOCC3(C)C)nn1-c1cc(Cl)cc(Cl)c1)CO2. The summed E-state index contributed by atoms with van der Waals surface area (Å²) >= 11 is 13.0. The molecule has 0 aliphatic carbocycles. The maximum atomic E-state index is 14.4. The number of fused-ring (bicyclic) bond motifs is 3. The molecular formula is C56H72Cl2N10O18S. The Morgan fingerprint density at radius 2 is 1.32 bits per heavy atom. The predicted molar refractivity (Wildman–Crippen MR) is 316 cm³/mol. The molecule has 1 atom stereocenters. The fourth-order valence-electron chi connectivity index (χ4n) is 10.1. The van der Waals surface area contributed by atoms with Crippen molar-refractivity contribution in [3.63, 3.8) is 0 Å². The van der Waals surface area contributed by atoms with E-state index in [0.717, 1.165) is 0 Å². The number of carboxylic acid groups (broad SMARTS) is 3. The summed E-state index contributed by atoms with van der Waals surface area (Å²) in [6.45, 7) is 4.31. The topological polar surface area (TPSA) is 351 Å². The van der Waals surface area contributed by atoms with E-state index in [-0.39, 0.29) is 122 Å². The number of carboxylic acids is 3. The molecule has 3 aromatic carbocycles.